The molecule has 0 saturated heterocycles. The van der Waals surface area contributed by atoms with E-state index in [1.807, 2.05) is 0 Å². The van der Waals surface area contributed by atoms with Crippen molar-refractivity contribution in [2.24, 2.45) is 5.92 Å². The number of hydrogen-bond acceptors (Lipinski definition) is 3. The Balaban J connectivity index is 2.52. The van der Waals surface area contributed by atoms with Crippen LogP contribution in [0, 0.1) is 5.92 Å². The van der Waals surface area contributed by atoms with Crippen LogP contribution in [0.5, 0.6) is 0 Å². The van der Waals surface area contributed by atoms with Gasteiger partial charge in [-0.3, -0.25) is 0 Å². The molecule has 0 saturated carbocycles. The maximum atomic E-state index is 10.6. The third-order valence-electron chi connectivity index (χ3n) is 2.74. The Labute approximate surface area is 95.7 Å². The van der Waals surface area contributed by atoms with Crippen LogP contribution in [0.4, 0.5) is 5.82 Å². The highest BCUT2D eigenvalue weighted by molar-refractivity contribution is 5.87. The van der Waals surface area contributed by atoms with Gasteiger partial charge in [0.15, 0.2) is 0 Å². The summed E-state index contributed by atoms with van der Waals surface area (Å²) in [6, 6.07) is 3.26. The molecule has 0 amide bonds. The highest BCUT2D eigenvalue weighted by Crippen LogP contribution is 2.10. The average molecular weight is 222 g/mol. The van der Waals surface area contributed by atoms with Gasteiger partial charge in [0.05, 0.1) is 5.56 Å². The molecule has 0 fully saturated rings. The Morgan fingerprint density at radius 1 is 1.44 bits per heavy atom. The first-order chi connectivity index (χ1) is 7.67. The van der Waals surface area contributed by atoms with E-state index in [-0.39, 0.29) is 5.56 Å². The Hall–Kier alpha value is -1.58. The van der Waals surface area contributed by atoms with E-state index in [4.69, 9.17) is 5.11 Å². The van der Waals surface area contributed by atoms with Crippen LogP contribution in [0.2, 0.25) is 0 Å². The number of aromatic carboxylic acids is 1. The fraction of sp³-hybridized carbons (Fsp3) is 0.500. The quantitative estimate of drug-likeness (QED) is 0.776. The predicted molar refractivity (Wildman–Crippen MR) is 63.8 cm³/mol. The highest BCUT2D eigenvalue weighted by atomic mass is 16.4. The number of pyridine rings is 1. The highest BCUT2D eigenvalue weighted by Gasteiger charge is 2.05. The minimum Gasteiger partial charge on any atom is -0.478 e. The molecule has 1 aromatic heterocycles. The van der Waals surface area contributed by atoms with Crippen molar-refractivity contribution in [2.75, 3.05) is 11.9 Å². The van der Waals surface area contributed by atoms with Crippen molar-refractivity contribution in [1.82, 2.24) is 4.98 Å². The minimum atomic E-state index is -0.945. The van der Waals surface area contributed by atoms with E-state index in [0.29, 0.717) is 5.92 Å². The third kappa shape index (κ3) is 3.53. The summed E-state index contributed by atoms with van der Waals surface area (Å²) in [7, 11) is 0. The van der Waals surface area contributed by atoms with Crippen LogP contribution in [-0.2, 0) is 0 Å². The van der Waals surface area contributed by atoms with Crippen molar-refractivity contribution in [3.05, 3.63) is 23.9 Å². The van der Waals surface area contributed by atoms with Gasteiger partial charge >= 0.3 is 5.97 Å². The number of carboxylic acids is 1. The number of carbonyl (C=O) groups is 1. The third-order valence-corrected chi connectivity index (χ3v) is 2.74. The molecule has 0 radical (unpaired) electrons. The molecule has 0 aliphatic rings. The first-order valence-corrected chi connectivity index (χ1v) is 5.60. The monoisotopic (exact) mass is 222 g/mol. The summed E-state index contributed by atoms with van der Waals surface area (Å²) in [5, 5.41) is 11.9. The number of nitrogens with zero attached hydrogens (tertiary/aromatic N) is 1. The molecule has 4 nitrogen and oxygen atoms in total. The van der Waals surface area contributed by atoms with Crippen molar-refractivity contribution in [3.63, 3.8) is 0 Å². The smallest absolute Gasteiger partial charge is 0.337 e. The SMILES string of the molecule is CCC(CC)CNc1ccc(C(=O)O)cn1. The molecule has 1 rings (SSSR count). The van der Waals surface area contributed by atoms with Crippen LogP contribution in [0.3, 0.4) is 0 Å². The summed E-state index contributed by atoms with van der Waals surface area (Å²) < 4.78 is 0. The lowest BCUT2D eigenvalue weighted by atomic mass is 10.0. The van der Waals surface area contributed by atoms with Gasteiger partial charge in [-0.2, -0.15) is 0 Å². The molecule has 0 aliphatic carbocycles. The van der Waals surface area contributed by atoms with Gasteiger partial charge in [-0.05, 0) is 18.1 Å². The lowest BCUT2D eigenvalue weighted by molar-refractivity contribution is 0.0696. The van der Waals surface area contributed by atoms with E-state index in [1.54, 1.807) is 12.1 Å². The second-order valence-corrected chi connectivity index (χ2v) is 3.80. The second kappa shape index (κ2) is 6.10. The molecule has 0 aliphatic heterocycles. The zero-order chi connectivity index (χ0) is 12.0. The van der Waals surface area contributed by atoms with Crippen LogP contribution in [0.1, 0.15) is 37.0 Å². The largest absolute Gasteiger partial charge is 0.478 e. The van der Waals surface area contributed by atoms with E-state index in [1.165, 1.54) is 6.20 Å². The number of nitrogens with one attached hydrogen (secondary N) is 1. The molecule has 1 aromatic rings. The van der Waals surface area contributed by atoms with Gasteiger partial charge < -0.3 is 10.4 Å². The summed E-state index contributed by atoms with van der Waals surface area (Å²) in [6.45, 7) is 5.21. The van der Waals surface area contributed by atoms with Crippen LogP contribution in [-0.4, -0.2) is 22.6 Å². The van der Waals surface area contributed by atoms with E-state index in [2.05, 4.69) is 24.1 Å². The van der Waals surface area contributed by atoms with Gasteiger partial charge in [0, 0.05) is 12.7 Å². The second-order valence-electron chi connectivity index (χ2n) is 3.80. The molecule has 1 heterocycles. The van der Waals surface area contributed by atoms with Gasteiger partial charge in [0.2, 0.25) is 0 Å². The standard InChI is InChI=1S/C12H18N2O2/c1-3-9(4-2)7-13-11-6-5-10(8-14-11)12(15)16/h5-6,8-9H,3-4,7H2,1-2H3,(H,13,14)(H,15,16). The first kappa shape index (κ1) is 12.5. The Morgan fingerprint density at radius 3 is 2.56 bits per heavy atom. The molecule has 2 N–H and O–H groups in total. The molecule has 0 atom stereocenters. The predicted octanol–water partition coefficient (Wildman–Crippen LogP) is 2.63. The van der Waals surface area contributed by atoms with Gasteiger partial charge in [-0.15, -0.1) is 0 Å². The normalized spacial score (nSPS) is 10.4. The molecule has 0 bridgehead atoms. The fourth-order valence-corrected chi connectivity index (χ4v) is 1.45. The first-order valence-electron chi connectivity index (χ1n) is 5.60. The maximum Gasteiger partial charge on any atom is 0.337 e. The van der Waals surface area contributed by atoms with Crippen molar-refractivity contribution < 1.29 is 9.90 Å². The van der Waals surface area contributed by atoms with Crippen LogP contribution in [0.15, 0.2) is 18.3 Å². The lowest BCUT2D eigenvalue weighted by Gasteiger charge is -2.13. The molecule has 0 aromatic carbocycles. The van der Waals surface area contributed by atoms with Crippen molar-refractivity contribution in [3.8, 4) is 0 Å². The number of anilines is 1. The zero-order valence-corrected chi connectivity index (χ0v) is 9.73. The Morgan fingerprint density at radius 2 is 2.12 bits per heavy atom. The van der Waals surface area contributed by atoms with Gasteiger partial charge in [-0.1, -0.05) is 26.7 Å². The number of carboxylic acid groups (broad SMARTS) is 1. The molecule has 4 heteroatoms. The van der Waals surface area contributed by atoms with E-state index in [9.17, 15) is 4.79 Å². The molecule has 16 heavy (non-hydrogen) atoms. The lowest BCUT2D eigenvalue weighted by Crippen LogP contribution is -2.13. The fourth-order valence-electron chi connectivity index (χ4n) is 1.45. The van der Waals surface area contributed by atoms with Crippen LogP contribution in [0.25, 0.3) is 0 Å². The Kier molecular flexibility index (Phi) is 4.76. The maximum absolute atomic E-state index is 10.6. The van der Waals surface area contributed by atoms with Gasteiger partial charge in [0.1, 0.15) is 5.82 Å². The van der Waals surface area contributed by atoms with Crippen molar-refractivity contribution in [1.29, 1.82) is 0 Å². The molecular weight excluding hydrogens is 204 g/mol. The van der Waals surface area contributed by atoms with E-state index < -0.39 is 5.97 Å². The summed E-state index contributed by atoms with van der Waals surface area (Å²) in [5.74, 6) is 0.428. The molecule has 0 spiro atoms. The number of aromatic nitrogens is 1. The topological polar surface area (TPSA) is 62.2 Å². The van der Waals surface area contributed by atoms with E-state index >= 15 is 0 Å². The Bertz CT molecular complexity index is 331. The van der Waals surface area contributed by atoms with Crippen molar-refractivity contribution >= 4 is 11.8 Å². The zero-order valence-electron chi connectivity index (χ0n) is 9.73. The average Bonchev–Trinajstić information content (AvgIpc) is 2.31. The van der Waals surface area contributed by atoms with Crippen LogP contribution < -0.4 is 5.32 Å². The van der Waals surface area contributed by atoms with Gasteiger partial charge in [-0.25, -0.2) is 9.78 Å². The summed E-state index contributed by atoms with van der Waals surface area (Å²) >= 11 is 0. The van der Waals surface area contributed by atoms with Crippen molar-refractivity contribution in [2.45, 2.75) is 26.7 Å². The summed E-state index contributed by atoms with van der Waals surface area (Å²) in [6.07, 6.45) is 3.64. The summed E-state index contributed by atoms with van der Waals surface area (Å²) in [4.78, 5) is 14.7. The number of rotatable bonds is 6. The minimum absolute atomic E-state index is 0.216. The van der Waals surface area contributed by atoms with Crippen LogP contribution >= 0.6 is 0 Å². The van der Waals surface area contributed by atoms with Gasteiger partial charge in [0.25, 0.3) is 0 Å². The molecule has 88 valence electrons. The van der Waals surface area contributed by atoms with E-state index in [0.717, 1.165) is 25.2 Å². The molecular formula is C12H18N2O2. The summed E-state index contributed by atoms with van der Waals surface area (Å²) in [5.41, 5.74) is 0.216. The molecule has 0 unspecified atom stereocenters. The number of hydrogen-bond donors (Lipinski definition) is 2.